The van der Waals surface area contributed by atoms with Crippen molar-refractivity contribution in [3.8, 4) is 11.5 Å². The number of carbonyl (C=O) groups is 1. The highest BCUT2D eigenvalue weighted by atomic mass is 16.6. The van der Waals surface area contributed by atoms with Crippen molar-refractivity contribution in [1.82, 2.24) is 4.90 Å². The van der Waals surface area contributed by atoms with Crippen LogP contribution in [-0.4, -0.2) is 49.8 Å². The normalized spacial score (nSPS) is 36.9. The van der Waals surface area contributed by atoms with Crippen molar-refractivity contribution in [1.29, 1.82) is 0 Å². The maximum atomic E-state index is 12.0. The van der Waals surface area contributed by atoms with E-state index in [0.29, 0.717) is 18.4 Å². The Bertz CT molecular complexity index is 763. The molecule has 5 nitrogen and oxygen atoms in total. The molecule has 1 aromatic rings. The lowest BCUT2D eigenvalue weighted by atomic mass is 9.51. The van der Waals surface area contributed by atoms with E-state index in [9.17, 15) is 4.79 Å². The molecule has 4 aliphatic rings. The van der Waals surface area contributed by atoms with Gasteiger partial charge in [-0.1, -0.05) is 13.0 Å². The fraction of sp³-hybridized carbons (Fsp3) is 0.667. The molecule has 140 valence electrons. The van der Waals surface area contributed by atoms with E-state index in [1.165, 1.54) is 11.1 Å². The lowest BCUT2D eigenvalue weighted by Gasteiger charge is -2.58. The number of carbonyl (C=O) groups excluding carboxylic acids is 1. The van der Waals surface area contributed by atoms with Crippen LogP contribution in [0.3, 0.4) is 0 Å². The van der Waals surface area contributed by atoms with E-state index < -0.39 is 0 Å². The van der Waals surface area contributed by atoms with Crippen LogP contribution in [0.1, 0.15) is 43.7 Å². The van der Waals surface area contributed by atoms with Crippen molar-refractivity contribution in [2.24, 2.45) is 5.92 Å². The van der Waals surface area contributed by atoms with Crippen molar-refractivity contribution in [3.05, 3.63) is 23.3 Å². The van der Waals surface area contributed by atoms with E-state index in [1.54, 1.807) is 7.11 Å². The molecule has 26 heavy (non-hydrogen) atoms. The zero-order valence-corrected chi connectivity index (χ0v) is 15.8. The number of likely N-dealkylation sites (N-methyl/N-ethyl adjacent to an activating group) is 1. The van der Waals surface area contributed by atoms with Crippen LogP contribution >= 0.6 is 0 Å². The van der Waals surface area contributed by atoms with Gasteiger partial charge in [0.15, 0.2) is 11.5 Å². The maximum absolute atomic E-state index is 12.0. The molecule has 2 fully saturated rings. The number of likely N-dealkylation sites (tertiary alicyclic amines) is 1. The smallest absolute Gasteiger partial charge is 0.305 e. The third-order valence-corrected chi connectivity index (χ3v) is 7.32. The molecule has 2 aliphatic heterocycles. The number of ether oxygens (including phenoxy) is 3. The summed E-state index contributed by atoms with van der Waals surface area (Å²) < 4.78 is 18.1. The fourth-order valence-corrected chi connectivity index (χ4v) is 6.21. The Morgan fingerprint density at radius 2 is 2.23 bits per heavy atom. The summed E-state index contributed by atoms with van der Waals surface area (Å²) >= 11 is 0. The van der Waals surface area contributed by atoms with Crippen molar-refractivity contribution in [3.63, 3.8) is 0 Å². The standard InChI is InChI=1S/C21H27NO4/c1-4-17(23)25-16-8-6-13-14-11-12-5-7-15(24-3)19-18(12)21(13,20(16)26-19)9-10-22(14)2/h5,7,13-14,16,20H,4,6,8-11H2,1-3H3. The molecule has 5 rings (SSSR count). The minimum Gasteiger partial charge on any atom is -0.493 e. The second-order valence-electron chi connectivity index (χ2n) is 8.28. The van der Waals surface area contributed by atoms with E-state index in [2.05, 4.69) is 18.0 Å². The minimum atomic E-state index is -0.161. The predicted molar refractivity (Wildman–Crippen MR) is 96.7 cm³/mol. The Balaban J connectivity index is 1.67. The molecule has 5 atom stereocenters. The highest BCUT2D eigenvalue weighted by molar-refractivity contribution is 5.69. The van der Waals surface area contributed by atoms with Crippen LogP contribution in [0.15, 0.2) is 12.1 Å². The van der Waals surface area contributed by atoms with Gasteiger partial charge in [-0.15, -0.1) is 0 Å². The molecule has 0 N–H and O–H groups in total. The Labute approximate surface area is 154 Å². The Kier molecular flexibility index (Phi) is 3.55. The first kappa shape index (κ1) is 16.4. The third-order valence-electron chi connectivity index (χ3n) is 7.32. The van der Waals surface area contributed by atoms with Gasteiger partial charge >= 0.3 is 5.97 Å². The third kappa shape index (κ3) is 1.92. The van der Waals surface area contributed by atoms with Crippen LogP contribution in [-0.2, 0) is 21.4 Å². The number of nitrogens with zero attached hydrogens (tertiary/aromatic N) is 1. The van der Waals surface area contributed by atoms with E-state index in [0.717, 1.165) is 43.7 Å². The summed E-state index contributed by atoms with van der Waals surface area (Å²) in [5.74, 6) is 2.15. The number of piperidine rings is 1. The summed E-state index contributed by atoms with van der Waals surface area (Å²) in [4.78, 5) is 14.6. The molecule has 2 bridgehead atoms. The summed E-state index contributed by atoms with van der Waals surface area (Å²) in [6.07, 6.45) is 4.27. The van der Waals surface area contributed by atoms with Gasteiger partial charge in [-0.3, -0.25) is 4.79 Å². The number of methoxy groups -OCH3 is 1. The second kappa shape index (κ2) is 5.62. The molecule has 1 saturated carbocycles. The zero-order valence-electron chi connectivity index (χ0n) is 15.8. The van der Waals surface area contributed by atoms with E-state index in [-0.39, 0.29) is 23.6 Å². The second-order valence-corrected chi connectivity index (χ2v) is 8.28. The topological polar surface area (TPSA) is 48.0 Å². The average molecular weight is 357 g/mol. The van der Waals surface area contributed by atoms with Crippen LogP contribution in [0.25, 0.3) is 0 Å². The lowest BCUT2D eigenvalue weighted by Crippen LogP contribution is -2.66. The summed E-state index contributed by atoms with van der Waals surface area (Å²) in [6.45, 7) is 2.91. The summed E-state index contributed by atoms with van der Waals surface area (Å²) in [5.41, 5.74) is 2.71. The van der Waals surface area contributed by atoms with E-state index in [4.69, 9.17) is 14.2 Å². The molecule has 0 aromatic heterocycles. The SMILES string of the molecule is CCC(=O)OC1CCC2C3Cc4ccc(OC)c5c4C2(CCN3C)C1O5. The maximum Gasteiger partial charge on any atom is 0.305 e. The van der Waals surface area contributed by atoms with Crippen molar-refractivity contribution in [2.45, 2.75) is 62.7 Å². The van der Waals surface area contributed by atoms with Crippen LogP contribution in [0.5, 0.6) is 11.5 Å². The number of rotatable bonds is 3. The molecule has 0 amide bonds. The quantitative estimate of drug-likeness (QED) is 0.779. The van der Waals surface area contributed by atoms with E-state index in [1.807, 2.05) is 13.0 Å². The van der Waals surface area contributed by atoms with Crippen molar-refractivity contribution in [2.75, 3.05) is 20.7 Å². The largest absolute Gasteiger partial charge is 0.493 e. The Morgan fingerprint density at radius 3 is 3.00 bits per heavy atom. The summed E-state index contributed by atoms with van der Waals surface area (Å²) in [6, 6.07) is 4.80. The molecule has 1 spiro atoms. The lowest BCUT2D eigenvalue weighted by molar-refractivity contribution is -0.165. The molecule has 1 saturated heterocycles. The first-order valence-corrected chi connectivity index (χ1v) is 9.87. The Hall–Kier alpha value is -1.75. The molecular weight excluding hydrogens is 330 g/mol. The Morgan fingerprint density at radius 1 is 1.38 bits per heavy atom. The zero-order chi connectivity index (χ0) is 18.1. The molecule has 2 aliphatic carbocycles. The van der Waals surface area contributed by atoms with Crippen LogP contribution in [0, 0.1) is 5.92 Å². The van der Waals surface area contributed by atoms with Crippen LogP contribution in [0.4, 0.5) is 0 Å². The molecule has 0 radical (unpaired) electrons. The van der Waals surface area contributed by atoms with Gasteiger partial charge in [0, 0.05) is 23.4 Å². The summed E-state index contributed by atoms with van der Waals surface area (Å²) in [5, 5.41) is 0. The molecule has 5 unspecified atom stereocenters. The van der Waals surface area contributed by atoms with Crippen molar-refractivity contribution >= 4 is 5.97 Å². The van der Waals surface area contributed by atoms with Gasteiger partial charge in [-0.2, -0.15) is 0 Å². The van der Waals surface area contributed by atoms with Gasteiger partial charge < -0.3 is 19.1 Å². The van der Waals surface area contributed by atoms with E-state index >= 15 is 0 Å². The molecule has 2 heterocycles. The minimum absolute atomic E-state index is 0.0361. The van der Waals surface area contributed by atoms with Crippen molar-refractivity contribution < 1.29 is 19.0 Å². The van der Waals surface area contributed by atoms with Crippen LogP contribution < -0.4 is 9.47 Å². The first-order valence-electron chi connectivity index (χ1n) is 9.87. The molecule has 1 aromatic carbocycles. The number of esters is 1. The van der Waals surface area contributed by atoms with Gasteiger partial charge in [-0.05, 0) is 56.8 Å². The molecule has 5 heteroatoms. The van der Waals surface area contributed by atoms with Gasteiger partial charge in [0.25, 0.3) is 0 Å². The highest BCUT2D eigenvalue weighted by Gasteiger charge is 2.66. The summed E-state index contributed by atoms with van der Waals surface area (Å²) in [7, 11) is 3.95. The molecular formula is C21H27NO4. The first-order chi connectivity index (χ1) is 12.6. The van der Waals surface area contributed by atoms with Gasteiger partial charge in [0.2, 0.25) is 0 Å². The van der Waals surface area contributed by atoms with Gasteiger partial charge in [0.1, 0.15) is 12.2 Å². The fourth-order valence-electron chi connectivity index (χ4n) is 6.21. The predicted octanol–water partition coefficient (Wildman–Crippen LogP) is 2.69. The average Bonchev–Trinajstić information content (AvgIpc) is 3.00. The van der Waals surface area contributed by atoms with Gasteiger partial charge in [0.05, 0.1) is 7.11 Å². The van der Waals surface area contributed by atoms with Crippen LogP contribution in [0.2, 0.25) is 0 Å². The monoisotopic (exact) mass is 357 g/mol. The number of hydrogen-bond donors (Lipinski definition) is 0. The van der Waals surface area contributed by atoms with Gasteiger partial charge in [-0.25, -0.2) is 0 Å². The number of benzene rings is 1. The highest BCUT2D eigenvalue weighted by Crippen LogP contribution is 2.64. The number of hydrogen-bond acceptors (Lipinski definition) is 5.